The average Bonchev–Trinajstić information content (AvgIpc) is 2.37. The van der Waals surface area contributed by atoms with Crippen molar-refractivity contribution in [2.45, 2.75) is 24.6 Å². The van der Waals surface area contributed by atoms with Gasteiger partial charge in [0.2, 0.25) is 10.0 Å². The first-order chi connectivity index (χ1) is 9.30. The lowest BCUT2D eigenvalue weighted by atomic mass is 10.2. The molecule has 1 aliphatic rings. The average molecular weight is 319 g/mol. The van der Waals surface area contributed by atoms with E-state index >= 15 is 0 Å². The molecule has 0 radical (unpaired) electrons. The van der Waals surface area contributed by atoms with Gasteiger partial charge in [-0.15, -0.1) is 0 Å². The van der Waals surface area contributed by atoms with E-state index in [2.05, 4.69) is 4.72 Å². The first kappa shape index (κ1) is 15.3. The number of aromatic hydroxyl groups is 1. The van der Waals surface area contributed by atoms with Gasteiger partial charge in [-0.25, -0.2) is 21.6 Å². The molecule has 0 aromatic heterocycles. The summed E-state index contributed by atoms with van der Waals surface area (Å²) in [7, 11) is -6.66. The first-order valence-electron chi connectivity index (χ1n) is 6.26. The molecule has 1 fully saturated rings. The molecule has 112 valence electrons. The van der Waals surface area contributed by atoms with Crippen molar-refractivity contribution in [3.05, 3.63) is 29.8 Å². The largest absolute Gasteiger partial charge is 0.508 e. The molecule has 1 heterocycles. The van der Waals surface area contributed by atoms with Gasteiger partial charge in [-0.2, -0.15) is 0 Å². The third-order valence-corrected chi connectivity index (χ3v) is 7.01. The van der Waals surface area contributed by atoms with Crippen LogP contribution in [0.4, 0.5) is 0 Å². The van der Waals surface area contributed by atoms with E-state index in [9.17, 15) is 21.9 Å². The van der Waals surface area contributed by atoms with Gasteiger partial charge in [-0.1, -0.05) is 18.2 Å². The fraction of sp³-hybridized carbons (Fsp3) is 0.500. The monoisotopic (exact) mass is 319 g/mol. The van der Waals surface area contributed by atoms with Crippen molar-refractivity contribution in [3.63, 3.8) is 0 Å². The maximum Gasteiger partial charge on any atom is 0.214 e. The van der Waals surface area contributed by atoms with Crippen molar-refractivity contribution < 1.29 is 21.9 Å². The summed E-state index contributed by atoms with van der Waals surface area (Å²) in [6.07, 6.45) is 0.247. The Bertz CT molecular complexity index is 668. The zero-order valence-electron chi connectivity index (χ0n) is 10.8. The number of sulfone groups is 1. The molecule has 0 amide bonds. The van der Waals surface area contributed by atoms with Gasteiger partial charge in [0.1, 0.15) is 15.6 Å². The molecule has 1 aromatic rings. The molecule has 2 rings (SSSR count). The number of sulfonamides is 1. The van der Waals surface area contributed by atoms with E-state index in [1.807, 2.05) is 0 Å². The molecule has 0 unspecified atom stereocenters. The second-order valence-corrected chi connectivity index (χ2v) is 9.20. The molecule has 1 saturated heterocycles. The van der Waals surface area contributed by atoms with E-state index in [0.29, 0.717) is 5.56 Å². The van der Waals surface area contributed by atoms with Gasteiger partial charge >= 0.3 is 0 Å². The second kappa shape index (κ2) is 5.71. The van der Waals surface area contributed by atoms with Crippen molar-refractivity contribution >= 4 is 19.9 Å². The summed E-state index contributed by atoms with van der Waals surface area (Å²) < 4.78 is 49.2. The third kappa shape index (κ3) is 3.71. The van der Waals surface area contributed by atoms with E-state index in [0.717, 1.165) is 0 Å². The van der Waals surface area contributed by atoms with Crippen LogP contribution in [-0.2, 0) is 26.4 Å². The van der Waals surface area contributed by atoms with E-state index in [4.69, 9.17) is 0 Å². The van der Waals surface area contributed by atoms with Crippen LogP contribution in [-0.4, -0.2) is 38.7 Å². The SMILES string of the molecule is O=S1(=O)CCC(S(=O)(=O)NCc2ccccc2O)CC1. The molecule has 0 aliphatic carbocycles. The summed E-state index contributed by atoms with van der Waals surface area (Å²) in [5.41, 5.74) is 0.486. The van der Waals surface area contributed by atoms with Crippen LogP contribution in [0.1, 0.15) is 18.4 Å². The summed E-state index contributed by atoms with van der Waals surface area (Å²) in [6.45, 7) is -0.00173. The number of benzene rings is 1. The highest BCUT2D eigenvalue weighted by Gasteiger charge is 2.32. The molecule has 1 aliphatic heterocycles. The summed E-state index contributed by atoms with van der Waals surface area (Å²) in [5.74, 6) is -0.147. The van der Waals surface area contributed by atoms with Crippen LogP contribution in [0.15, 0.2) is 24.3 Å². The number of para-hydroxylation sites is 1. The Morgan fingerprint density at radius 2 is 1.80 bits per heavy atom. The van der Waals surface area contributed by atoms with E-state index < -0.39 is 25.1 Å². The fourth-order valence-electron chi connectivity index (χ4n) is 2.14. The highest BCUT2D eigenvalue weighted by Crippen LogP contribution is 2.20. The molecule has 0 saturated carbocycles. The second-order valence-electron chi connectivity index (χ2n) is 4.85. The maximum absolute atomic E-state index is 12.1. The number of phenolic OH excluding ortho intramolecular Hbond substituents is 1. The Morgan fingerprint density at radius 3 is 2.40 bits per heavy atom. The Morgan fingerprint density at radius 1 is 1.20 bits per heavy atom. The zero-order chi connectivity index (χ0) is 14.8. The van der Waals surface area contributed by atoms with Crippen LogP contribution in [0.25, 0.3) is 0 Å². The van der Waals surface area contributed by atoms with Gasteiger partial charge in [-0.05, 0) is 18.9 Å². The van der Waals surface area contributed by atoms with Crippen molar-refractivity contribution in [2.24, 2.45) is 0 Å². The number of rotatable bonds is 4. The van der Waals surface area contributed by atoms with Gasteiger partial charge in [-0.3, -0.25) is 0 Å². The van der Waals surface area contributed by atoms with Crippen LogP contribution in [0.2, 0.25) is 0 Å². The van der Waals surface area contributed by atoms with E-state index in [1.165, 1.54) is 6.07 Å². The normalized spacial score (nSPS) is 19.8. The number of phenols is 1. The van der Waals surface area contributed by atoms with Crippen molar-refractivity contribution in [1.29, 1.82) is 0 Å². The van der Waals surface area contributed by atoms with Gasteiger partial charge in [0.15, 0.2) is 0 Å². The minimum atomic E-state index is -3.57. The first-order valence-corrected chi connectivity index (χ1v) is 9.63. The van der Waals surface area contributed by atoms with Crippen LogP contribution < -0.4 is 4.72 Å². The fourth-order valence-corrected chi connectivity index (χ4v) is 5.37. The maximum atomic E-state index is 12.1. The molecule has 8 heteroatoms. The molecule has 1 aromatic carbocycles. The highest BCUT2D eigenvalue weighted by atomic mass is 32.2. The van der Waals surface area contributed by atoms with Crippen LogP contribution >= 0.6 is 0 Å². The van der Waals surface area contributed by atoms with Crippen LogP contribution in [0, 0.1) is 0 Å². The lowest BCUT2D eigenvalue weighted by Gasteiger charge is -2.22. The van der Waals surface area contributed by atoms with E-state index in [-0.39, 0.29) is 36.6 Å². The summed E-state index contributed by atoms with van der Waals surface area (Å²) in [4.78, 5) is 0. The molecule has 20 heavy (non-hydrogen) atoms. The minimum absolute atomic E-state index is 0.00173. The van der Waals surface area contributed by atoms with Crippen LogP contribution in [0.5, 0.6) is 5.75 Å². The number of hydrogen-bond acceptors (Lipinski definition) is 5. The summed E-state index contributed by atoms with van der Waals surface area (Å²) in [6, 6.07) is 6.47. The quantitative estimate of drug-likeness (QED) is 0.836. The van der Waals surface area contributed by atoms with Gasteiger partial charge in [0.25, 0.3) is 0 Å². The van der Waals surface area contributed by atoms with Crippen molar-refractivity contribution in [2.75, 3.05) is 11.5 Å². The Labute approximate surface area is 118 Å². The Hall–Kier alpha value is -1.12. The van der Waals surface area contributed by atoms with Crippen LogP contribution in [0.3, 0.4) is 0 Å². The smallest absolute Gasteiger partial charge is 0.214 e. The molecule has 0 bridgehead atoms. The minimum Gasteiger partial charge on any atom is -0.508 e. The molecule has 6 nitrogen and oxygen atoms in total. The Kier molecular flexibility index (Phi) is 4.36. The topological polar surface area (TPSA) is 101 Å². The number of hydrogen-bond donors (Lipinski definition) is 2. The molecule has 2 N–H and O–H groups in total. The number of nitrogens with one attached hydrogen (secondary N) is 1. The van der Waals surface area contributed by atoms with Gasteiger partial charge in [0.05, 0.1) is 16.8 Å². The predicted octanol–water partition coefficient (Wildman–Crippen LogP) is 0.389. The summed E-state index contributed by atoms with van der Waals surface area (Å²) >= 11 is 0. The predicted molar refractivity (Wildman–Crippen MR) is 75.5 cm³/mol. The van der Waals surface area contributed by atoms with Gasteiger partial charge in [0, 0.05) is 12.1 Å². The molecule has 0 spiro atoms. The molecular formula is C12H17NO5S2. The zero-order valence-corrected chi connectivity index (χ0v) is 12.5. The lowest BCUT2D eigenvalue weighted by Crippen LogP contribution is -2.39. The Balaban J connectivity index is 2.00. The van der Waals surface area contributed by atoms with Crippen molar-refractivity contribution in [1.82, 2.24) is 4.72 Å². The van der Waals surface area contributed by atoms with E-state index in [1.54, 1.807) is 18.2 Å². The summed E-state index contributed by atoms with van der Waals surface area (Å²) in [5, 5.41) is 8.89. The molecular weight excluding hydrogens is 302 g/mol. The molecule has 0 atom stereocenters. The van der Waals surface area contributed by atoms with Crippen molar-refractivity contribution in [3.8, 4) is 5.75 Å². The highest BCUT2D eigenvalue weighted by molar-refractivity contribution is 7.92. The van der Waals surface area contributed by atoms with Gasteiger partial charge < -0.3 is 5.11 Å². The third-order valence-electron chi connectivity index (χ3n) is 3.40. The lowest BCUT2D eigenvalue weighted by molar-refractivity contribution is 0.467. The standard InChI is InChI=1S/C12H17NO5S2/c14-12-4-2-1-3-10(12)9-13-20(17,18)11-5-7-19(15,16)8-6-11/h1-4,11,13-14H,5-9H2.